The van der Waals surface area contributed by atoms with Crippen LogP contribution in [0.2, 0.25) is 0 Å². The molecule has 0 radical (unpaired) electrons. The molecular weight excluding hydrogens is 269 g/mol. The zero-order chi connectivity index (χ0) is 13.1. The Kier molecular flexibility index (Phi) is 3.67. The van der Waals surface area contributed by atoms with Gasteiger partial charge in [-0.3, -0.25) is 0 Å². The summed E-state index contributed by atoms with van der Waals surface area (Å²) in [7, 11) is 0. The van der Waals surface area contributed by atoms with Crippen molar-refractivity contribution < 1.29 is 13.9 Å². The summed E-state index contributed by atoms with van der Waals surface area (Å²) in [5.41, 5.74) is 0. The number of halogens is 1. The summed E-state index contributed by atoms with van der Waals surface area (Å²) in [6.45, 7) is 1.63. The molecule has 19 heavy (non-hydrogen) atoms. The lowest BCUT2D eigenvalue weighted by Gasteiger charge is -2.04. The molecule has 1 saturated heterocycles. The summed E-state index contributed by atoms with van der Waals surface area (Å²) in [6.07, 6.45) is 2.96. The van der Waals surface area contributed by atoms with Gasteiger partial charge in [-0.25, -0.2) is 14.4 Å². The quantitative estimate of drug-likeness (QED) is 0.932. The van der Waals surface area contributed by atoms with Gasteiger partial charge < -0.3 is 14.8 Å². The molecule has 5 nitrogen and oxygen atoms in total. The zero-order valence-electron chi connectivity index (χ0n) is 10.0. The highest BCUT2D eigenvalue weighted by atomic mass is 32.1. The third-order valence-electron chi connectivity index (χ3n) is 2.59. The van der Waals surface area contributed by atoms with Crippen molar-refractivity contribution in [2.24, 2.45) is 0 Å². The fourth-order valence-corrected chi connectivity index (χ4v) is 2.57. The third-order valence-corrected chi connectivity index (χ3v) is 3.61. The molecule has 0 aromatic carbocycles. The van der Waals surface area contributed by atoms with Crippen LogP contribution < -0.4 is 5.32 Å². The summed E-state index contributed by atoms with van der Waals surface area (Å²) in [5, 5.41) is 3.75. The topological polar surface area (TPSA) is 56.3 Å². The minimum atomic E-state index is -0.373. The second kappa shape index (κ2) is 5.60. The van der Waals surface area contributed by atoms with E-state index in [0.29, 0.717) is 19.8 Å². The molecule has 1 aliphatic heterocycles. The normalized spacial score (nSPS) is 15.8. The first kappa shape index (κ1) is 12.5. The molecule has 3 heterocycles. The predicted octanol–water partition coefficient (Wildman–Crippen LogP) is 2.33. The Morgan fingerprint density at radius 2 is 2.21 bits per heavy atom. The molecule has 0 atom stereocenters. The minimum Gasteiger partial charge on any atom is -0.361 e. The van der Waals surface area contributed by atoms with E-state index in [1.54, 1.807) is 18.5 Å². The molecule has 0 bridgehead atoms. The van der Waals surface area contributed by atoms with Crippen molar-refractivity contribution >= 4 is 17.2 Å². The van der Waals surface area contributed by atoms with Crippen molar-refractivity contribution in [3.8, 4) is 0 Å². The number of anilines is 1. The van der Waals surface area contributed by atoms with Gasteiger partial charge in [-0.05, 0) is 12.1 Å². The molecular formula is C12H12FN3O2S. The van der Waals surface area contributed by atoms with E-state index in [1.165, 1.54) is 17.4 Å². The number of ether oxygens (including phenoxy) is 2. The van der Waals surface area contributed by atoms with Crippen molar-refractivity contribution in [2.75, 3.05) is 18.5 Å². The molecule has 3 rings (SSSR count). The Hall–Kier alpha value is -1.57. The van der Waals surface area contributed by atoms with E-state index < -0.39 is 0 Å². The fourth-order valence-electron chi connectivity index (χ4n) is 1.71. The molecule has 0 aliphatic carbocycles. The third kappa shape index (κ3) is 2.89. The van der Waals surface area contributed by atoms with Gasteiger partial charge in [0.15, 0.2) is 17.9 Å². The standard InChI is InChI=1S/C12H12FN3O2S/c13-8-2-1-3-14-11(8)16-7-10-15-6-9(19-10)12-17-4-5-18-12/h1-3,6,12H,4-5,7H2,(H,14,16). The number of hydrogen-bond acceptors (Lipinski definition) is 6. The van der Waals surface area contributed by atoms with Crippen molar-refractivity contribution in [1.29, 1.82) is 0 Å². The van der Waals surface area contributed by atoms with Crippen molar-refractivity contribution in [1.82, 2.24) is 9.97 Å². The lowest BCUT2D eigenvalue weighted by molar-refractivity contribution is -0.0414. The monoisotopic (exact) mass is 281 g/mol. The lowest BCUT2D eigenvalue weighted by Crippen LogP contribution is -2.02. The van der Waals surface area contributed by atoms with Crippen LogP contribution >= 0.6 is 11.3 Å². The number of rotatable bonds is 4. The van der Waals surface area contributed by atoms with Crippen LogP contribution in [0.4, 0.5) is 10.2 Å². The van der Waals surface area contributed by atoms with Gasteiger partial charge in [0.1, 0.15) is 5.01 Å². The Balaban J connectivity index is 1.63. The molecule has 0 saturated carbocycles. The van der Waals surface area contributed by atoms with Gasteiger partial charge in [0.25, 0.3) is 0 Å². The molecule has 0 spiro atoms. The molecule has 1 N–H and O–H groups in total. The largest absolute Gasteiger partial charge is 0.361 e. The highest BCUT2D eigenvalue weighted by Crippen LogP contribution is 2.28. The average molecular weight is 281 g/mol. The number of pyridine rings is 1. The summed E-state index contributed by atoms with van der Waals surface area (Å²) in [4.78, 5) is 9.10. The van der Waals surface area contributed by atoms with E-state index in [0.717, 1.165) is 9.88 Å². The number of nitrogens with zero attached hydrogens (tertiary/aromatic N) is 2. The van der Waals surface area contributed by atoms with E-state index >= 15 is 0 Å². The fraction of sp³-hybridized carbons (Fsp3) is 0.333. The van der Waals surface area contributed by atoms with Crippen LogP contribution in [0, 0.1) is 5.82 Å². The molecule has 1 aliphatic rings. The SMILES string of the molecule is Fc1cccnc1NCc1ncc(C2OCCO2)s1. The predicted molar refractivity (Wildman–Crippen MR) is 68.3 cm³/mol. The van der Waals surface area contributed by atoms with Crippen molar-refractivity contribution in [3.05, 3.63) is 40.2 Å². The van der Waals surface area contributed by atoms with Gasteiger partial charge in [0, 0.05) is 12.4 Å². The number of thiazole rings is 1. The Bertz CT molecular complexity index is 557. The van der Waals surface area contributed by atoms with Crippen molar-refractivity contribution in [3.63, 3.8) is 0 Å². The highest BCUT2D eigenvalue weighted by molar-refractivity contribution is 7.11. The van der Waals surface area contributed by atoms with E-state index in [-0.39, 0.29) is 17.9 Å². The van der Waals surface area contributed by atoms with E-state index in [9.17, 15) is 4.39 Å². The van der Waals surface area contributed by atoms with Gasteiger partial charge in [0.2, 0.25) is 0 Å². The van der Waals surface area contributed by atoms with E-state index in [2.05, 4.69) is 15.3 Å². The van der Waals surface area contributed by atoms with Crippen LogP contribution in [0.1, 0.15) is 16.2 Å². The maximum atomic E-state index is 13.4. The smallest absolute Gasteiger partial charge is 0.194 e. The van der Waals surface area contributed by atoms with E-state index in [1.807, 2.05) is 0 Å². The molecule has 0 unspecified atom stereocenters. The van der Waals surface area contributed by atoms with Gasteiger partial charge >= 0.3 is 0 Å². The molecule has 0 amide bonds. The Morgan fingerprint density at radius 3 is 3.00 bits per heavy atom. The molecule has 7 heteroatoms. The summed E-state index contributed by atoms with van der Waals surface area (Å²) in [6, 6.07) is 2.92. The molecule has 2 aromatic heterocycles. The molecule has 1 fully saturated rings. The van der Waals surface area contributed by atoms with Crippen molar-refractivity contribution in [2.45, 2.75) is 12.8 Å². The first-order chi connectivity index (χ1) is 9.33. The second-order valence-corrected chi connectivity index (χ2v) is 5.06. The van der Waals surface area contributed by atoms with Crippen LogP contribution in [0.25, 0.3) is 0 Å². The van der Waals surface area contributed by atoms with E-state index in [4.69, 9.17) is 9.47 Å². The highest BCUT2D eigenvalue weighted by Gasteiger charge is 2.20. The number of aromatic nitrogens is 2. The lowest BCUT2D eigenvalue weighted by atomic mass is 10.4. The zero-order valence-corrected chi connectivity index (χ0v) is 10.8. The maximum absolute atomic E-state index is 13.4. The molecule has 100 valence electrons. The minimum absolute atomic E-state index is 0.229. The number of hydrogen-bond donors (Lipinski definition) is 1. The Labute approximate surface area is 113 Å². The van der Waals surface area contributed by atoms with Crippen LogP contribution in [0.5, 0.6) is 0 Å². The first-order valence-electron chi connectivity index (χ1n) is 5.85. The van der Waals surface area contributed by atoms with Crippen LogP contribution in [-0.4, -0.2) is 23.2 Å². The summed E-state index contributed by atoms with van der Waals surface area (Å²) >= 11 is 1.48. The maximum Gasteiger partial charge on any atom is 0.194 e. The molecule has 2 aromatic rings. The van der Waals surface area contributed by atoms with Gasteiger partial charge in [-0.15, -0.1) is 11.3 Å². The van der Waals surface area contributed by atoms with Gasteiger partial charge in [-0.1, -0.05) is 0 Å². The summed E-state index contributed by atoms with van der Waals surface area (Å²) < 4.78 is 24.1. The summed E-state index contributed by atoms with van der Waals surface area (Å²) in [5.74, 6) is -0.144. The number of nitrogens with one attached hydrogen (secondary N) is 1. The van der Waals surface area contributed by atoms with Crippen LogP contribution in [-0.2, 0) is 16.0 Å². The first-order valence-corrected chi connectivity index (χ1v) is 6.67. The van der Waals surface area contributed by atoms with Gasteiger partial charge in [-0.2, -0.15) is 0 Å². The van der Waals surface area contributed by atoms with Crippen LogP contribution in [0.15, 0.2) is 24.5 Å². The van der Waals surface area contributed by atoms with Gasteiger partial charge in [0.05, 0.1) is 24.6 Å². The average Bonchev–Trinajstić information content (AvgIpc) is 3.09. The Morgan fingerprint density at radius 1 is 1.37 bits per heavy atom. The van der Waals surface area contributed by atoms with Crippen LogP contribution in [0.3, 0.4) is 0 Å². The second-order valence-electron chi connectivity index (χ2n) is 3.92.